The van der Waals surface area contributed by atoms with Crippen molar-refractivity contribution in [3.8, 4) is 0 Å². The lowest BCUT2D eigenvalue weighted by atomic mass is 9.75. The molecule has 2 aliphatic rings. The molecule has 2 heterocycles. The van der Waals surface area contributed by atoms with Gasteiger partial charge in [0.25, 0.3) is 0 Å². The maximum absolute atomic E-state index is 13.7. The summed E-state index contributed by atoms with van der Waals surface area (Å²) in [6.07, 6.45) is 1.06. The first-order chi connectivity index (χ1) is 16.4. The fourth-order valence-electron chi connectivity index (χ4n) is 5.05. The fraction of sp³-hybridized carbons (Fsp3) is 0.423. The molecule has 0 N–H and O–H groups in total. The van der Waals surface area contributed by atoms with Gasteiger partial charge in [-0.25, -0.2) is 4.39 Å². The molecule has 3 amide bonds. The minimum absolute atomic E-state index is 0.0937. The van der Waals surface area contributed by atoms with Crippen LogP contribution in [0.15, 0.2) is 48.5 Å². The van der Waals surface area contributed by atoms with Crippen molar-refractivity contribution in [1.29, 1.82) is 0 Å². The zero-order valence-electron chi connectivity index (χ0n) is 19.1. The molecular formula is C26H28ClFN2O4. The molecule has 4 rings (SSSR count). The van der Waals surface area contributed by atoms with Crippen molar-refractivity contribution in [1.82, 2.24) is 9.80 Å². The lowest BCUT2D eigenvalue weighted by molar-refractivity contribution is -0.142. The van der Waals surface area contributed by atoms with Gasteiger partial charge in [0.2, 0.25) is 17.7 Å². The van der Waals surface area contributed by atoms with Crippen molar-refractivity contribution in [2.45, 2.75) is 37.0 Å². The number of benzene rings is 2. The van der Waals surface area contributed by atoms with E-state index >= 15 is 0 Å². The highest BCUT2D eigenvalue weighted by molar-refractivity contribution is 6.32. The molecule has 34 heavy (non-hydrogen) atoms. The lowest BCUT2D eigenvalue weighted by Gasteiger charge is -2.30. The third kappa shape index (κ3) is 4.72. The molecule has 180 valence electrons. The van der Waals surface area contributed by atoms with Crippen molar-refractivity contribution < 1.29 is 23.5 Å². The summed E-state index contributed by atoms with van der Waals surface area (Å²) in [4.78, 5) is 43.0. The molecule has 8 heteroatoms. The van der Waals surface area contributed by atoms with Gasteiger partial charge in [-0.3, -0.25) is 19.3 Å². The summed E-state index contributed by atoms with van der Waals surface area (Å²) in [5.74, 6) is -1.07. The van der Waals surface area contributed by atoms with E-state index in [0.29, 0.717) is 36.7 Å². The summed E-state index contributed by atoms with van der Waals surface area (Å²) in [6.45, 7) is 1.69. The Morgan fingerprint density at radius 3 is 2.62 bits per heavy atom. The maximum atomic E-state index is 13.7. The fourth-order valence-corrected chi connectivity index (χ4v) is 5.37. The van der Waals surface area contributed by atoms with Gasteiger partial charge in [0, 0.05) is 57.1 Å². The largest absolute Gasteiger partial charge is 0.385 e. The summed E-state index contributed by atoms with van der Waals surface area (Å²) in [7, 11) is 1.57. The highest BCUT2D eigenvalue weighted by Gasteiger charge is 2.54. The van der Waals surface area contributed by atoms with Gasteiger partial charge in [0.15, 0.2) is 0 Å². The number of hydrogen-bond acceptors (Lipinski definition) is 4. The van der Waals surface area contributed by atoms with E-state index in [1.54, 1.807) is 48.4 Å². The standard InChI is InChI=1S/C26H28ClFN2O4/c1-34-14-4-12-30-24(32)16-26(25(30)33,21-5-2-3-6-22(21)27)15-23(31)29-13-11-19(17-29)18-7-9-20(28)10-8-18/h2-3,5-10,19H,4,11-17H2,1H3/t19-,26-/m0/s1. The van der Waals surface area contributed by atoms with E-state index in [4.69, 9.17) is 16.3 Å². The molecule has 0 aromatic heterocycles. The van der Waals surface area contributed by atoms with Crippen LogP contribution in [-0.2, 0) is 24.5 Å². The van der Waals surface area contributed by atoms with Crippen molar-refractivity contribution in [3.05, 3.63) is 70.5 Å². The van der Waals surface area contributed by atoms with Gasteiger partial charge in [0.1, 0.15) is 5.82 Å². The summed E-state index contributed by atoms with van der Waals surface area (Å²) in [5.41, 5.74) is 0.161. The minimum Gasteiger partial charge on any atom is -0.385 e. The number of methoxy groups -OCH3 is 1. The summed E-state index contributed by atoms with van der Waals surface area (Å²) >= 11 is 6.48. The van der Waals surface area contributed by atoms with Crippen molar-refractivity contribution in [3.63, 3.8) is 0 Å². The average molecular weight is 487 g/mol. The van der Waals surface area contributed by atoms with Crippen LogP contribution in [-0.4, -0.2) is 60.9 Å². The Labute approximate surface area is 203 Å². The number of likely N-dealkylation sites (tertiary alicyclic amines) is 2. The van der Waals surface area contributed by atoms with Crippen LogP contribution in [0.5, 0.6) is 0 Å². The number of ether oxygens (including phenoxy) is 1. The number of nitrogens with zero attached hydrogens (tertiary/aromatic N) is 2. The summed E-state index contributed by atoms with van der Waals surface area (Å²) in [5, 5.41) is 0.362. The third-order valence-electron chi connectivity index (χ3n) is 6.86. The quantitative estimate of drug-likeness (QED) is 0.419. The summed E-state index contributed by atoms with van der Waals surface area (Å²) in [6, 6.07) is 13.3. The van der Waals surface area contributed by atoms with Gasteiger partial charge in [-0.2, -0.15) is 0 Å². The molecule has 2 atom stereocenters. The molecule has 0 bridgehead atoms. The van der Waals surface area contributed by atoms with Gasteiger partial charge < -0.3 is 9.64 Å². The Hall–Kier alpha value is -2.77. The van der Waals surface area contributed by atoms with Crippen molar-refractivity contribution >= 4 is 29.3 Å². The number of carbonyl (C=O) groups is 3. The highest BCUT2D eigenvalue weighted by Crippen LogP contribution is 2.43. The second-order valence-electron chi connectivity index (χ2n) is 8.99. The van der Waals surface area contributed by atoms with Gasteiger partial charge in [-0.15, -0.1) is 0 Å². The smallest absolute Gasteiger partial charge is 0.240 e. The van der Waals surface area contributed by atoms with Crippen LogP contribution in [0.4, 0.5) is 4.39 Å². The van der Waals surface area contributed by atoms with Crippen molar-refractivity contribution in [2.24, 2.45) is 0 Å². The van der Waals surface area contributed by atoms with Gasteiger partial charge in [-0.1, -0.05) is 41.9 Å². The normalized spacial score (nSPS) is 22.6. The number of imide groups is 1. The van der Waals surface area contributed by atoms with Gasteiger partial charge in [0.05, 0.1) is 5.41 Å². The van der Waals surface area contributed by atoms with Crippen molar-refractivity contribution in [2.75, 3.05) is 33.4 Å². The van der Waals surface area contributed by atoms with E-state index in [1.807, 2.05) is 0 Å². The number of hydrogen-bond donors (Lipinski definition) is 0. The Bertz CT molecular complexity index is 1080. The van der Waals surface area contributed by atoms with Crippen LogP contribution >= 0.6 is 11.6 Å². The van der Waals surface area contributed by atoms with Crippen LogP contribution < -0.4 is 0 Å². The van der Waals surface area contributed by atoms with Crippen LogP contribution in [0.2, 0.25) is 5.02 Å². The number of rotatable bonds is 8. The van der Waals surface area contributed by atoms with E-state index < -0.39 is 5.41 Å². The Morgan fingerprint density at radius 1 is 1.18 bits per heavy atom. The first-order valence-electron chi connectivity index (χ1n) is 11.5. The third-order valence-corrected chi connectivity index (χ3v) is 7.19. The number of carbonyl (C=O) groups excluding carboxylic acids is 3. The van der Waals surface area contributed by atoms with Gasteiger partial charge >= 0.3 is 0 Å². The molecule has 0 spiro atoms. The zero-order valence-corrected chi connectivity index (χ0v) is 19.9. The van der Waals surface area contributed by atoms with E-state index in [0.717, 1.165) is 12.0 Å². The van der Waals surface area contributed by atoms with Crippen LogP contribution in [0.25, 0.3) is 0 Å². The maximum Gasteiger partial charge on any atom is 0.240 e. The van der Waals surface area contributed by atoms with E-state index in [1.165, 1.54) is 17.0 Å². The van der Waals surface area contributed by atoms with Crippen LogP contribution in [0.1, 0.15) is 42.7 Å². The second kappa shape index (κ2) is 10.2. The minimum atomic E-state index is -1.33. The molecule has 0 radical (unpaired) electrons. The first kappa shape index (κ1) is 24.4. The molecule has 2 aliphatic heterocycles. The number of amides is 3. The highest BCUT2D eigenvalue weighted by atomic mass is 35.5. The molecule has 2 fully saturated rings. The lowest BCUT2D eigenvalue weighted by Crippen LogP contribution is -2.43. The first-order valence-corrected chi connectivity index (χ1v) is 11.9. The molecule has 6 nitrogen and oxygen atoms in total. The second-order valence-corrected chi connectivity index (χ2v) is 9.40. The van der Waals surface area contributed by atoms with Gasteiger partial charge in [-0.05, 0) is 42.2 Å². The van der Waals surface area contributed by atoms with E-state index in [9.17, 15) is 18.8 Å². The molecule has 2 saturated heterocycles. The molecule has 0 saturated carbocycles. The monoisotopic (exact) mass is 486 g/mol. The predicted molar refractivity (Wildman–Crippen MR) is 126 cm³/mol. The predicted octanol–water partition coefficient (Wildman–Crippen LogP) is 3.92. The molecular weight excluding hydrogens is 459 g/mol. The Kier molecular flexibility index (Phi) is 7.33. The average Bonchev–Trinajstić information content (AvgIpc) is 3.40. The Balaban J connectivity index is 1.57. The van der Waals surface area contributed by atoms with Crippen LogP contribution in [0.3, 0.4) is 0 Å². The Morgan fingerprint density at radius 2 is 1.91 bits per heavy atom. The molecule has 2 aromatic carbocycles. The molecule has 0 unspecified atom stereocenters. The van der Waals surface area contributed by atoms with Crippen LogP contribution in [0, 0.1) is 5.82 Å². The zero-order chi connectivity index (χ0) is 24.3. The summed E-state index contributed by atoms with van der Waals surface area (Å²) < 4.78 is 18.4. The van der Waals surface area contributed by atoms with E-state index in [-0.39, 0.29) is 48.8 Å². The SMILES string of the molecule is COCCCN1C(=O)C[C@@](CC(=O)N2CC[C@H](c3ccc(F)cc3)C2)(c2ccccc2Cl)C1=O. The molecule has 2 aromatic rings. The molecule has 0 aliphatic carbocycles. The number of halogens is 2. The van der Waals surface area contributed by atoms with E-state index in [2.05, 4.69) is 0 Å². The topological polar surface area (TPSA) is 66.9 Å².